The second kappa shape index (κ2) is 9.33. The van der Waals surface area contributed by atoms with Crippen LogP contribution in [0, 0.1) is 6.92 Å². The van der Waals surface area contributed by atoms with Gasteiger partial charge in [-0.25, -0.2) is 17.9 Å². The van der Waals surface area contributed by atoms with E-state index in [0.717, 1.165) is 25.9 Å². The van der Waals surface area contributed by atoms with E-state index >= 15 is 0 Å². The highest BCUT2D eigenvalue weighted by Crippen LogP contribution is 2.23. The maximum absolute atomic E-state index is 12.2. The lowest BCUT2D eigenvalue weighted by Gasteiger charge is -2.22. The number of nitrogens with one attached hydrogen (secondary N) is 3. The smallest absolute Gasteiger partial charge is 0.349 e. The molecule has 1 atom stereocenters. The molecule has 0 saturated carbocycles. The number of amides is 1. The van der Waals surface area contributed by atoms with Gasteiger partial charge in [0.1, 0.15) is 11.3 Å². The van der Waals surface area contributed by atoms with E-state index in [4.69, 9.17) is 4.42 Å². The van der Waals surface area contributed by atoms with Crippen LogP contribution < -0.4 is 21.0 Å². The summed E-state index contributed by atoms with van der Waals surface area (Å²) < 4.78 is 30.1. The Morgan fingerprint density at radius 2 is 2.16 bits per heavy atom. The van der Waals surface area contributed by atoms with Crippen LogP contribution in [-0.4, -0.2) is 46.8 Å². The van der Waals surface area contributed by atoms with Crippen LogP contribution in [0.5, 0.6) is 0 Å². The third-order valence-corrected chi connectivity index (χ3v) is 5.43. The Morgan fingerprint density at radius 3 is 2.72 bits per heavy atom. The molecule has 0 radical (unpaired) electrons. The summed E-state index contributed by atoms with van der Waals surface area (Å²) in [6, 6.07) is 1.72. The summed E-state index contributed by atoms with van der Waals surface area (Å²) >= 11 is 0. The van der Waals surface area contributed by atoms with Crippen molar-refractivity contribution in [1.29, 1.82) is 0 Å². The van der Waals surface area contributed by atoms with E-state index in [1.54, 1.807) is 13.0 Å². The monoisotopic (exact) mass is 393 g/mol. The molecule has 1 unspecified atom stereocenters. The van der Waals surface area contributed by atoms with Crippen LogP contribution in [0.25, 0.3) is 0 Å². The fraction of sp³-hybridized carbons (Fsp3) is 0.600. The minimum Gasteiger partial charge on any atom is -0.427 e. The third kappa shape index (κ3) is 5.81. The zero-order valence-corrected chi connectivity index (χ0v) is 15.9. The Bertz CT molecular complexity index is 757. The van der Waals surface area contributed by atoms with Gasteiger partial charge in [0.05, 0.1) is 5.75 Å². The molecule has 0 aromatic carbocycles. The number of carbonyl (C=O) groups excluding carboxylic acids is 1. The number of hydrogen-bond donors (Lipinski definition) is 3. The van der Waals surface area contributed by atoms with Crippen molar-refractivity contribution >= 4 is 28.3 Å². The highest BCUT2D eigenvalue weighted by Gasteiger charge is 2.22. The van der Waals surface area contributed by atoms with Crippen LogP contribution in [-0.2, 0) is 10.0 Å². The molecule has 1 amide bonds. The summed E-state index contributed by atoms with van der Waals surface area (Å²) in [7, 11) is -2.11. The minimum absolute atomic E-state index is 0. The number of hydrogen-bond acceptors (Lipinski definition) is 6. The van der Waals surface area contributed by atoms with Crippen molar-refractivity contribution in [2.45, 2.75) is 25.7 Å². The lowest BCUT2D eigenvalue weighted by Crippen LogP contribution is -2.35. The van der Waals surface area contributed by atoms with E-state index in [0.29, 0.717) is 11.3 Å². The molecule has 25 heavy (non-hydrogen) atoms. The van der Waals surface area contributed by atoms with Gasteiger partial charge in [-0.05, 0) is 45.0 Å². The molecular weight excluding hydrogens is 370 g/mol. The number of sulfonamides is 1. The SMILES string of the molecule is CNS(=O)(=O)CCNC(=O)c1c(C)cc(C2CCCNC2)oc1=O.Cl. The minimum atomic E-state index is -3.41. The first-order chi connectivity index (χ1) is 11.3. The summed E-state index contributed by atoms with van der Waals surface area (Å²) in [5.41, 5.74) is -0.241. The summed E-state index contributed by atoms with van der Waals surface area (Å²) in [5, 5.41) is 5.69. The van der Waals surface area contributed by atoms with E-state index in [9.17, 15) is 18.0 Å². The van der Waals surface area contributed by atoms with Crippen molar-refractivity contribution in [3.8, 4) is 0 Å². The molecular formula is C15H24ClN3O5S. The number of rotatable bonds is 6. The van der Waals surface area contributed by atoms with Gasteiger partial charge >= 0.3 is 5.63 Å². The first-order valence-corrected chi connectivity index (χ1v) is 9.54. The predicted octanol–water partition coefficient (Wildman–Crippen LogP) is 0.116. The third-order valence-electron chi connectivity index (χ3n) is 4.06. The average Bonchev–Trinajstić information content (AvgIpc) is 2.55. The van der Waals surface area contributed by atoms with Crippen LogP contribution in [0.2, 0.25) is 0 Å². The Balaban J connectivity index is 0.00000312. The fourth-order valence-electron chi connectivity index (χ4n) is 2.69. The van der Waals surface area contributed by atoms with Gasteiger partial charge in [0.25, 0.3) is 5.91 Å². The van der Waals surface area contributed by atoms with Crippen LogP contribution >= 0.6 is 12.4 Å². The van der Waals surface area contributed by atoms with Crippen LogP contribution in [0.1, 0.15) is 40.4 Å². The maximum atomic E-state index is 12.2. The van der Waals surface area contributed by atoms with E-state index in [1.165, 1.54) is 7.05 Å². The standard InChI is InChI=1S/C15H23N3O5S.ClH/c1-10-8-12(11-4-3-5-17-9-11)23-15(20)13(10)14(19)18-6-7-24(21,22)16-2;/h8,11,16-17H,3-7,9H2,1-2H3,(H,18,19);1H. The van der Waals surface area contributed by atoms with Gasteiger partial charge in [0, 0.05) is 19.0 Å². The quantitative estimate of drug-likeness (QED) is 0.631. The van der Waals surface area contributed by atoms with E-state index < -0.39 is 21.6 Å². The molecule has 10 heteroatoms. The summed E-state index contributed by atoms with van der Waals surface area (Å²) in [6.07, 6.45) is 1.94. The van der Waals surface area contributed by atoms with Crippen LogP contribution in [0.15, 0.2) is 15.3 Å². The Hall–Kier alpha value is -1.42. The van der Waals surface area contributed by atoms with Crippen molar-refractivity contribution in [1.82, 2.24) is 15.4 Å². The fourth-order valence-corrected chi connectivity index (χ4v) is 3.27. The maximum Gasteiger partial charge on any atom is 0.349 e. The molecule has 0 bridgehead atoms. The van der Waals surface area contributed by atoms with Crippen molar-refractivity contribution in [3.05, 3.63) is 33.4 Å². The predicted molar refractivity (Wildman–Crippen MR) is 97.0 cm³/mol. The molecule has 2 heterocycles. The molecule has 142 valence electrons. The second-order valence-corrected chi connectivity index (χ2v) is 7.86. The second-order valence-electron chi connectivity index (χ2n) is 5.82. The van der Waals surface area contributed by atoms with Crippen molar-refractivity contribution in [3.63, 3.8) is 0 Å². The summed E-state index contributed by atoms with van der Waals surface area (Å²) in [5.74, 6) is -0.172. The molecule has 8 nitrogen and oxygen atoms in total. The van der Waals surface area contributed by atoms with Crippen molar-refractivity contribution < 1.29 is 17.6 Å². The first-order valence-electron chi connectivity index (χ1n) is 7.89. The summed E-state index contributed by atoms with van der Waals surface area (Å²) in [4.78, 5) is 24.3. The first kappa shape index (κ1) is 21.6. The Labute approximate surface area is 153 Å². The van der Waals surface area contributed by atoms with Gasteiger partial charge < -0.3 is 15.1 Å². The number of aryl methyl sites for hydroxylation is 1. The zero-order chi connectivity index (χ0) is 17.7. The van der Waals surface area contributed by atoms with Crippen molar-refractivity contribution in [2.24, 2.45) is 0 Å². The molecule has 1 aromatic rings. The highest BCUT2D eigenvalue weighted by atomic mass is 35.5. The molecule has 1 saturated heterocycles. The summed E-state index contributed by atoms with van der Waals surface area (Å²) in [6.45, 7) is 3.29. The normalized spacial score (nSPS) is 17.6. The largest absolute Gasteiger partial charge is 0.427 e. The van der Waals surface area contributed by atoms with Gasteiger partial charge in [-0.2, -0.15) is 0 Å². The lowest BCUT2D eigenvalue weighted by molar-refractivity contribution is 0.0951. The number of carbonyl (C=O) groups is 1. The number of halogens is 1. The molecule has 2 rings (SSSR count). The molecule has 3 N–H and O–H groups in total. The topological polar surface area (TPSA) is 118 Å². The van der Waals surface area contributed by atoms with E-state index in [-0.39, 0.29) is 36.2 Å². The molecule has 0 spiro atoms. The highest BCUT2D eigenvalue weighted by molar-refractivity contribution is 7.89. The molecule has 1 aromatic heterocycles. The lowest BCUT2D eigenvalue weighted by atomic mass is 9.95. The Morgan fingerprint density at radius 1 is 1.44 bits per heavy atom. The van der Waals surface area contributed by atoms with Gasteiger partial charge in [0.2, 0.25) is 10.0 Å². The van der Waals surface area contributed by atoms with Gasteiger partial charge in [-0.1, -0.05) is 0 Å². The van der Waals surface area contributed by atoms with Crippen LogP contribution in [0.3, 0.4) is 0 Å². The molecule has 1 aliphatic heterocycles. The Kier molecular flexibility index (Phi) is 8.07. The average molecular weight is 394 g/mol. The van der Waals surface area contributed by atoms with Gasteiger partial charge in [-0.3, -0.25) is 4.79 Å². The van der Waals surface area contributed by atoms with Crippen LogP contribution in [0.4, 0.5) is 0 Å². The van der Waals surface area contributed by atoms with Gasteiger partial charge in [-0.15, -0.1) is 12.4 Å². The zero-order valence-electron chi connectivity index (χ0n) is 14.3. The van der Waals surface area contributed by atoms with Gasteiger partial charge in [0.15, 0.2) is 0 Å². The van der Waals surface area contributed by atoms with E-state index in [1.807, 2.05) is 0 Å². The van der Waals surface area contributed by atoms with E-state index in [2.05, 4.69) is 15.4 Å². The molecule has 0 aliphatic carbocycles. The molecule has 1 fully saturated rings. The number of piperidine rings is 1. The molecule has 1 aliphatic rings. The van der Waals surface area contributed by atoms with Crippen molar-refractivity contribution in [2.75, 3.05) is 32.4 Å².